The van der Waals surface area contributed by atoms with Gasteiger partial charge in [-0.25, -0.2) is 14.8 Å². The number of H-pyrrole nitrogens is 1. The zero-order chi connectivity index (χ0) is 19.3. The number of hydrogen-bond donors (Lipinski definition) is 1. The Morgan fingerprint density at radius 2 is 1.93 bits per heavy atom. The molecule has 0 aliphatic rings. The fraction of sp³-hybridized carbons (Fsp3) is 0.300. The van der Waals surface area contributed by atoms with Crippen molar-refractivity contribution >= 4 is 0 Å². The average molecular weight is 374 g/mol. The standard InChI is InChI=1S/C20H22N8/c1-3-4-11-28-19(22-14(2)25-28)12-15-5-7-16(8-6-15)18-13-21-10-9-17(18)20-23-26-27-24-20/h5-10,13H,3-4,11-12H2,1-2H3,(H,23,24,26,27). The molecule has 0 amide bonds. The van der Waals surface area contributed by atoms with E-state index in [1.165, 1.54) is 5.56 Å². The summed E-state index contributed by atoms with van der Waals surface area (Å²) in [5.74, 6) is 2.46. The molecule has 4 rings (SSSR count). The van der Waals surface area contributed by atoms with E-state index in [9.17, 15) is 0 Å². The van der Waals surface area contributed by atoms with Crippen molar-refractivity contribution in [1.82, 2.24) is 40.4 Å². The first-order valence-corrected chi connectivity index (χ1v) is 9.42. The zero-order valence-corrected chi connectivity index (χ0v) is 16.0. The highest BCUT2D eigenvalue weighted by Gasteiger charge is 2.12. The fourth-order valence-corrected chi connectivity index (χ4v) is 3.21. The molecule has 0 saturated heterocycles. The Morgan fingerprint density at radius 3 is 2.68 bits per heavy atom. The Bertz CT molecular complexity index is 1030. The lowest BCUT2D eigenvalue weighted by Gasteiger charge is -2.08. The molecule has 28 heavy (non-hydrogen) atoms. The maximum atomic E-state index is 4.60. The van der Waals surface area contributed by atoms with Gasteiger partial charge in [-0.2, -0.15) is 5.10 Å². The number of pyridine rings is 1. The van der Waals surface area contributed by atoms with Crippen LogP contribution in [0.15, 0.2) is 42.7 Å². The van der Waals surface area contributed by atoms with Gasteiger partial charge in [-0.3, -0.25) is 4.98 Å². The lowest BCUT2D eigenvalue weighted by Crippen LogP contribution is -2.06. The number of aromatic nitrogens is 8. The predicted molar refractivity (Wildman–Crippen MR) is 105 cm³/mol. The minimum Gasteiger partial charge on any atom is -0.264 e. The van der Waals surface area contributed by atoms with Gasteiger partial charge in [0.25, 0.3) is 0 Å². The molecule has 8 nitrogen and oxygen atoms in total. The van der Waals surface area contributed by atoms with E-state index in [0.29, 0.717) is 5.82 Å². The molecular formula is C20H22N8. The second-order valence-corrected chi connectivity index (χ2v) is 6.70. The van der Waals surface area contributed by atoms with Gasteiger partial charge in [-0.15, -0.1) is 5.10 Å². The van der Waals surface area contributed by atoms with Gasteiger partial charge in [0.1, 0.15) is 11.6 Å². The normalized spacial score (nSPS) is 11.1. The summed E-state index contributed by atoms with van der Waals surface area (Å²) in [6.45, 7) is 5.04. The van der Waals surface area contributed by atoms with Crippen LogP contribution in [0, 0.1) is 6.92 Å². The first-order valence-electron chi connectivity index (χ1n) is 9.42. The molecule has 0 fully saturated rings. The van der Waals surface area contributed by atoms with Crippen LogP contribution >= 0.6 is 0 Å². The van der Waals surface area contributed by atoms with Crippen LogP contribution in [0.1, 0.15) is 37.0 Å². The number of aryl methyl sites for hydroxylation is 2. The quantitative estimate of drug-likeness (QED) is 0.533. The van der Waals surface area contributed by atoms with Gasteiger partial charge in [0.2, 0.25) is 0 Å². The number of benzene rings is 1. The highest BCUT2D eigenvalue weighted by Crippen LogP contribution is 2.29. The van der Waals surface area contributed by atoms with Gasteiger partial charge in [-0.05, 0) is 41.0 Å². The predicted octanol–water partition coefficient (Wildman–Crippen LogP) is 3.22. The summed E-state index contributed by atoms with van der Waals surface area (Å²) in [5, 5.41) is 18.7. The summed E-state index contributed by atoms with van der Waals surface area (Å²) in [6.07, 6.45) is 6.58. The van der Waals surface area contributed by atoms with Crippen LogP contribution < -0.4 is 0 Å². The maximum Gasteiger partial charge on any atom is 0.180 e. The van der Waals surface area contributed by atoms with Gasteiger partial charge < -0.3 is 0 Å². The Labute approximate surface area is 163 Å². The molecule has 8 heteroatoms. The van der Waals surface area contributed by atoms with Gasteiger partial charge >= 0.3 is 0 Å². The SMILES string of the molecule is CCCCn1nc(C)nc1Cc1ccc(-c2cnccc2-c2nnn[nH]2)cc1. The van der Waals surface area contributed by atoms with Gasteiger partial charge in [-0.1, -0.05) is 37.6 Å². The van der Waals surface area contributed by atoms with Gasteiger partial charge in [0.05, 0.1) is 0 Å². The van der Waals surface area contributed by atoms with Crippen molar-refractivity contribution in [2.45, 2.75) is 39.7 Å². The average Bonchev–Trinajstić information content (AvgIpc) is 3.37. The molecule has 0 saturated carbocycles. The van der Waals surface area contributed by atoms with Crippen LogP contribution in [0.3, 0.4) is 0 Å². The summed E-state index contributed by atoms with van der Waals surface area (Å²) >= 11 is 0. The second kappa shape index (κ2) is 8.08. The third-order valence-electron chi connectivity index (χ3n) is 4.63. The summed E-state index contributed by atoms with van der Waals surface area (Å²) < 4.78 is 2.03. The van der Waals surface area contributed by atoms with Crippen molar-refractivity contribution in [3.05, 3.63) is 59.9 Å². The van der Waals surface area contributed by atoms with Crippen molar-refractivity contribution in [3.63, 3.8) is 0 Å². The third kappa shape index (κ3) is 3.80. The van der Waals surface area contributed by atoms with Crippen molar-refractivity contribution in [2.24, 2.45) is 0 Å². The lowest BCUT2D eigenvalue weighted by molar-refractivity contribution is 0.547. The first-order chi connectivity index (χ1) is 13.7. The van der Waals surface area contributed by atoms with Crippen LogP contribution in [0.4, 0.5) is 0 Å². The van der Waals surface area contributed by atoms with Crippen molar-refractivity contribution in [1.29, 1.82) is 0 Å². The molecule has 0 atom stereocenters. The smallest absolute Gasteiger partial charge is 0.180 e. The highest BCUT2D eigenvalue weighted by molar-refractivity contribution is 5.79. The number of nitrogens with one attached hydrogen (secondary N) is 1. The Kier molecular flexibility index (Phi) is 5.18. The molecule has 0 aliphatic heterocycles. The van der Waals surface area contributed by atoms with Crippen LogP contribution in [0.5, 0.6) is 0 Å². The van der Waals surface area contributed by atoms with E-state index < -0.39 is 0 Å². The van der Waals surface area contributed by atoms with Gasteiger partial charge in [0.15, 0.2) is 5.82 Å². The molecule has 3 heterocycles. The maximum absolute atomic E-state index is 4.60. The molecule has 142 valence electrons. The molecule has 0 spiro atoms. The van der Waals surface area contributed by atoms with Crippen LogP contribution in [-0.2, 0) is 13.0 Å². The lowest BCUT2D eigenvalue weighted by atomic mass is 9.99. The van der Waals surface area contributed by atoms with Crippen molar-refractivity contribution in [3.8, 4) is 22.5 Å². The minimum atomic E-state index is 0.626. The Hall–Kier alpha value is -3.42. The minimum absolute atomic E-state index is 0.626. The van der Waals surface area contributed by atoms with Crippen molar-refractivity contribution < 1.29 is 0 Å². The molecule has 1 aromatic carbocycles. The molecule has 0 unspecified atom stereocenters. The summed E-state index contributed by atoms with van der Waals surface area (Å²) in [7, 11) is 0. The molecule has 3 aromatic heterocycles. The Balaban J connectivity index is 1.58. The van der Waals surface area contributed by atoms with E-state index in [-0.39, 0.29) is 0 Å². The summed E-state index contributed by atoms with van der Waals surface area (Å²) in [6, 6.07) is 10.3. The third-order valence-corrected chi connectivity index (χ3v) is 4.63. The van der Waals surface area contributed by atoms with E-state index in [0.717, 1.165) is 54.1 Å². The fourth-order valence-electron chi connectivity index (χ4n) is 3.21. The summed E-state index contributed by atoms with van der Waals surface area (Å²) in [4.78, 5) is 8.86. The molecule has 0 aliphatic carbocycles. The van der Waals surface area contributed by atoms with E-state index in [4.69, 9.17) is 0 Å². The Morgan fingerprint density at radius 1 is 1.07 bits per heavy atom. The van der Waals surface area contributed by atoms with Crippen LogP contribution in [0.2, 0.25) is 0 Å². The van der Waals surface area contributed by atoms with E-state index in [2.05, 4.69) is 66.9 Å². The molecule has 0 radical (unpaired) electrons. The van der Waals surface area contributed by atoms with Crippen LogP contribution in [-0.4, -0.2) is 40.4 Å². The first kappa shape index (κ1) is 18.0. The molecular weight excluding hydrogens is 352 g/mol. The number of unbranched alkanes of at least 4 members (excludes halogenated alkanes) is 1. The molecule has 4 aromatic rings. The van der Waals surface area contributed by atoms with Gasteiger partial charge in [0, 0.05) is 36.5 Å². The topological polar surface area (TPSA) is 98.1 Å². The number of nitrogens with zero attached hydrogens (tertiary/aromatic N) is 7. The highest BCUT2D eigenvalue weighted by atomic mass is 15.5. The molecule has 0 bridgehead atoms. The van der Waals surface area contributed by atoms with E-state index in [1.54, 1.807) is 6.20 Å². The number of aromatic amines is 1. The summed E-state index contributed by atoms with van der Waals surface area (Å²) in [5.41, 5.74) is 4.16. The van der Waals surface area contributed by atoms with E-state index >= 15 is 0 Å². The number of rotatable bonds is 7. The van der Waals surface area contributed by atoms with E-state index in [1.807, 2.05) is 23.9 Å². The second-order valence-electron chi connectivity index (χ2n) is 6.70. The number of hydrogen-bond acceptors (Lipinski definition) is 6. The number of tetrazole rings is 1. The molecule has 1 N–H and O–H groups in total. The largest absolute Gasteiger partial charge is 0.264 e. The van der Waals surface area contributed by atoms with Crippen molar-refractivity contribution in [2.75, 3.05) is 0 Å². The van der Waals surface area contributed by atoms with Crippen LogP contribution in [0.25, 0.3) is 22.5 Å². The zero-order valence-electron chi connectivity index (χ0n) is 16.0. The monoisotopic (exact) mass is 374 g/mol.